The molecule has 3 heterocycles. The van der Waals surface area contributed by atoms with Crippen molar-refractivity contribution in [2.45, 2.75) is 6.54 Å². The number of benzene rings is 1. The molecule has 0 aliphatic heterocycles. The Labute approximate surface area is 156 Å². The van der Waals surface area contributed by atoms with Crippen molar-refractivity contribution in [1.29, 1.82) is 0 Å². The lowest BCUT2D eigenvalue weighted by molar-refractivity contribution is 0.0947. The summed E-state index contributed by atoms with van der Waals surface area (Å²) in [7, 11) is 1.66. The number of nitrogens with zero attached hydrogens (tertiary/aromatic N) is 3. The molecule has 27 heavy (non-hydrogen) atoms. The van der Waals surface area contributed by atoms with E-state index < -0.39 is 0 Å². The summed E-state index contributed by atoms with van der Waals surface area (Å²) in [6.07, 6.45) is 5.42. The van der Waals surface area contributed by atoms with Crippen molar-refractivity contribution in [1.82, 2.24) is 25.1 Å². The lowest BCUT2D eigenvalue weighted by Crippen LogP contribution is -2.27. The number of fused-ring (bicyclic) bond motifs is 1. The van der Waals surface area contributed by atoms with E-state index in [1.807, 2.05) is 42.6 Å². The summed E-state index contributed by atoms with van der Waals surface area (Å²) >= 11 is 0. The van der Waals surface area contributed by atoms with Crippen molar-refractivity contribution in [2.75, 3.05) is 13.7 Å². The van der Waals surface area contributed by atoms with Crippen LogP contribution in [0.4, 0.5) is 0 Å². The van der Waals surface area contributed by atoms with Crippen molar-refractivity contribution in [3.8, 4) is 17.0 Å². The van der Waals surface area contributed by atoms with Crippen molar-refractivity contribution in [3.63, 3.8) is 0 Å². The van der Waals surface area contributed by atoms with E-state index in [9.17, 15) is 4.79 Å². The van der Waals surface area contributed by atoms with Crippen molar-refractivity contribution >= 4 is 16.8 Å². The Morgan fingerprint density at radius 1 is 1.26 bits per heavy atom. The molecule has 0 spiro atoms. The second-order valence-electron chi connectivity index (χ2n) is 6.10. The molecule has 2 N–H and O–H groups in total. The normalized spacial score (nSPS) is 10.9. The Hall–Kier alpha value is -3.61. The number of nitrogens with one attached hydrogen (secondary N) is 2. The first-order chi connectivity index (χ1) is 13.2. The number of H-pyrrole nitrogens is 1. The summed E-state index contributed by atoms with van der Waals surface area (Å²) in [6.45, 7) is 1.18. The first-order valence-electron chi connectivity index (χ1n) is 8.61. The third-order valence-electron chi connectivity index (χ3n) is 4.40. The zero-order valence-electron chi connectivity index (χ0n) is 14.8. The molecule has 3 aromatic heterocycles. The average molecular weight is 361 g/mol. The van der Waals surface area contributed by atoms with Crippen molar-refractivity contribution < 1.29 is 9.53 Å². The molecule has 0 radical (unpaired) electrons. The van der Waals surface area contributed by atoms with E-state index in [4.69, 9.17) is 4.74 Å². The molecule has 1 aromatic carbocycles. The Morgan fingerprint density at radius 3 is 3.00 bits per heavy atom. The van der Waals surface area contributed by atoms with Crippen LogP contribution in [-0.2, 0) is 6.54 Å². The van der Waals surface area contributed by atoms with E-state index in [1.165, 1.54) is 0 Å². The summed E-state index contributed by atoms with van der Waals surface area (Å²) in [5.74, 6) is 0.646. The monoisotopic (exact) mass is 361 g/mol. The number of rotatable bonds is 6. The third-order valence-corrected chi connectivity index (χ3v) is 4.40. The summed E-state index contributed by atoms with van der Waals surface area (Å²) in [5.41, 5.74) is 3.09. The lowest BCUT2D eigenvalue weighted by Gasteiger charge is -2.07. The number of ether oxygens (including phenoxy) is 1. The van der Waals surface area contributed by atoms with Crippen molar-refractivity contribution in [2.24, 2.45) is 0 Å². The highest BCUT2D eigenvalue weighted by Crippen LogP contribution is 2.21. The standard InChI is InChI=1S/C20H19N5O2/c1-27-16-4-5-19-14(11-16)6-9-25(19)10-8-22-20(26)18-12-17(23-24-18)15-3-2-7-21-13-15/h2-7,9,11-13H,8,10H2,1H3,(H,22,26)(H,23,24). The number of hydrogen-bond acceptors (Lipinski definition) is 4. The molecule has 0 aliphatic carbocycles. The predicted octanol–water partition coefficient (Wildman–Crippen LogP) is 2.87. The zero-order chi connectivity index (χ0) is 18.6. The number of carbonyl (C=O) groups is 1. The van der Waals surface area contributed by atoms with Gasteiger partial charge in [0.25, 0.3) is 5.91 Å². The minimum Gasteiger partial charge on any atom is -0.497 e. The Kier molecular flexibility index (Phi) is 4.57. The molecule has 7 nitrogen and oxygen atoms in total. The topological polar surface area (TPSA) is 84.8 Å². The summed E-state index contributed by atoms with van der Waals surface area (Å²) in [5, 5.41) is 11.0. The van der Waals surface area contributed by atoms with Crippen molar-refractivity contribution in [3.05, 3.63) is 66.7 Å². The maximum atomic E-state index is 12.3. The summed E-state index contributed by atoms with van der Waals surface area (Å²) < 4.78 is 7.35. The van der Waals surface area contributed by atoms with Gasteiger partial charge in [-0.2, -0.15) is 5.10 Å². The molecule has 0 fully saturated rings. The van der Waals surface area contributed by atoms with Crippen LogP contribution >= 0.6 is 0 Å². The smallest absolute Gasteiger partial charge is 0.269 e. The first-order valence-corrected chi connectivity index (χ1v) is 8.61. The lowest BCUT2D eigenvalue weighted by atomic mass is 10.2. The van der Waals surface area contributed by atoms with Crippen LogP contribution in [0.1, 0.15) is 10.5 Å². The molecular formula is C20H19N5O2. The van der Waals surface area contributed by atoms with E-state index in [2.05, 4.69) is 25.1 Å². The molecule has 1 amide bonds. The van der Waals surface area contributed by atoms with E-state index in [1.54, 1.807) is 25.6 Å². The summed E-state index contributed by atoms with van der Waals surface area (Å²) in [6, 6.07) is 13.4. The fraction of sp³-hybridized carbons (Fsp3) is 0.150. The molecule has 0 unspecified atom stereocenters. The molecule has 0 aliphatic rings. The van der Waals surface area contributed by atoms with E-state index in [-0.39, 0.29) is 5.91 Å². The number of methoxy groups -OCH3 is 1. The fourth-order valence-corrected chi connectivity index (χ4v) is 2.99. The predicted molar refractivity (Wildman–Crippen MR) is 103 cm³/mol. The zero-order valence-corrected chi connectivity index (χ0v) is 14.8. The SMILES string of the molecule is COc1ccc2c(ccn2CCNC(=O)c2cc(-c3cccnc3)n[nH]2)c1. The van der Waals surface area contributed by atoms with Crippen LogP contribution in [-0.4, -0.2) is 39.3 Å². The first kappa shape index (κ1) is 16.8. The second kappa shape index (κ2) is 7.33. The highest BCUT2D eigenvalue weighted by atomic mass is 16.5. The summed E-state index contributed by atoms with van der Waals surface area (Å²) in [4.78, 5) is 16.4. The van der Waals surface area contributed by atoms with Gasteiger partial charge in [-0.15, -0.1) is 0 Å². The fourth-order valence-electron chi connectivity index (χ4n) is 2.99. The van der Waals surface area contributed by atoms with Gasteiger partial charge in [-0.05, 0) is 42.5 Å². The van der Waals surface area contributed by atoms with Gasteiger partial charge in [0, 0.05) is 48.1 Å². The minimum atomic E-state index is -0.184. The van der Waals surface area contributed by atoms with E-state index >= 15 is 0 Å². The van der Waals surface area contributed by atoms with Crippen LogP contribution in [0.2, 0.25) is 0 Å². The number of carbonyl (C=O) groups excluding carboxylic acids is 1. The quantitative estimate of drug-likeness (QED) is 0.553. The Bertz CT molecular complexity index is 1070. The van der Waals surface area contributed by atoms with Gasteiger partial charge in [0.15, 0.2) is 0 Å². The minimum absolute atomic E-state index is 0.184. The number of aromatic nitrogens is 4. The van der Waals surface area contributed by atoms with Gasteiger partial charge in [0.05, 0.1) is 12.8 Å². The van der Waals surface area contributed by atoms with Crippen LogP contribution in [0.15, 0.2) is 61.1 Å². The maximum absolute atomic E-state index is 12.3. The van der Waals surface area contributed by atoms with Gasteiger partial charge in [0.1, 0.15) is 11.4 Å². The van der Waals surface area contributed by atoms with Gasteiger partial charge >= 0.3 is 0 Å². The van der Waals surface area contributed by atoms with Gasteiger partial charge < -0.3 is 14.6 Å². The van der Waals surface area contributed by atoms with Crippen LogP contribution in [0.25, 0.3) is 22.2 Å². The Balaban J connectivity index is 1.38. The second-order valence-corrected chi connectivity index (χ2v) is 6.10. The molecule has 0 saturated heterocycles. The molecule has 0 saturated carbocycles. The van der Waals surface area contributed by atoms with Crippen LogP contribution in [0.5, 0.6) is 5.75 Å². The van der Waals surface area contributed by atoms with Crippen LogP contribution in [0, 0.1) is 0 Å². The largest absolute Gasteiger partial charge is 0.497 e. The molecule has 7 heteroatoms. The number of pyridine rings is 1. The number of aromatic amines is 1. The molecule has 136 valence electrons. The highest BCUT2D eigenvalue weighted by molar-refractivity contribution is 5.93. The third kappa shape index (κ3) is 3.52. The average Bonchev–Trinajstić information content (AvgIpc) is 3.36. The van der Waals surface area contributed by atoms with Crippen LogP contribution in [0.3, 0.4) is 0 Å². The van der Waals surface area contributed by atoms with Gasteiger partial charge in [-0.1, -0.05) is 0 Å². The molecular weight excluding hydrogens is 342 g/mol. The van der Waals surface area contributed by atoms with Gasteiger partial charge in [0.2, 0.25) is 0 Å². The Morgan fingerprint density at radius 2 is 2.19 bits per heavy atom. The number of amides is 1. The molecule has 0 bridgehead atoms. The van der Waals surface area contributed by atoms with E-state index in [0.29, 0.717) is 24.5 Å². The van der Waals surface area contributed by atoms with E-state index in [0.717, 1.165) is 22.2 Å². The maximum Gasteiger partial charge on any atom is 0.269 e. The van der Waals surface area contributed by atoms with Gasteiger partial charge in [-0.25, -0.2) is 0 Å². The molecule has 4 aromatic rings. The molecule has 4 rings (SSSR count). The van der Waals surface area contributed by atoms with Crippen LogP contribution < -0.4 is 10.1 Å². The molecule has 0 atom stereocenters. The van der Waals surface area contributed by atoms with Gasteiger partial charge in [-0.3, -0.25) is 14.9 Å². The number of hydrogen-bond donors (Lipinski definition) is 2. The highest BCUT2D eigenvalue weighted by Gasteiger charge is 2.11.